The molecule has 1 fully saturated rings. The Labute approximate surface area is 122 Å². The van der Waals surface area contributed by atoms with Gasteiger partial charge in [-0.25, -0.2) is 0 Å². The molecule has 1 atom stereocenters. The van der Waals surface area contributed by atoms with Gasteiger partial charge in [0.2, 0.25) is 5.91 Å². The summed E-state index contributed by atoms with van der Waals surface area (Å²) in [7, 11) is 2.12. The lowest BCUT2D eigenvalue weighted by Crippen LogP contribution is -2.61. The second-order valence-electron chi connectivity index (χ2n) is 6.63. The average Bonchev–Trinajstić information content (AvgIpc) is 2.38. The highest BCUT2D eigenvalue weighted by molar-refractivity contribution is 5.79. The molecular formula is C17H26N2O. The van der Waals surface area contributed by atoms with E-state index < -0.39 is 0 Å². The molecule has 110 valence electrons. The number of amides is 1. The van der Waals surface area contributed by atoms with E-state index in [4.69, 9.17) is 0 Å². The fourth-order valence-electron chi connectivity index (χ4n) is 3.13. The van der Waals surface area contributed by atoms with E-state index in [1.807, 2.05) is 25.1 Å². The molecule has 20 heavy (non-hydrogen) atoms. The molecule has 3 heteroatoms. The van der Waals surface area contributed by atoms with E-state index in [0.717, 1.165) is 26.1 Å². The van der Waals surface area contributed by atoms with E-state index in [1.165, 1.54) is 5.56 Å². The molecule has 1 aromatic carbocycles. The number of carbonyl (C=O) groups is 1. The molecule has 0 unspecified atom stereocenters. The smallest absolute Gasteiger partial charge is 0.226 e. The number of piperazine rings is 1. The number of nitrogens with zero attached hydrogens (tertiary/aromatic N) is 2. The molecule has 1 heterocycles. The minimum atomic E-state index is -0.0744. The molecule has 0 N–H and O–H groups in total. The molecule has 2 rings (SSSR count). The van der Waals surface area contributed by atoms with Gasteiger partial charge in [-0.2, -0.15) is 0 Å². The predicted octanol–water partition coefficient (Wildman–Crippen LogP) is 2.42. The number of carbonyl (C=O) groups excluding carboxylic acids is 1. The van der Waals surface area contributed by atoms with Crippen LogP contribution in [0.2, 0.25) is 0 Å². The van der Waals surface area contributed by atoms with Gasteiger partial charge in [-0.05, 0) is 32.9 Å². The first-order valence-corrected chi connectivity index (χ1v) is 7.44. The molecule has 1 aliphatic heterocycles. The molecule has 0 aliphatic carbocycles. The molecule has 1 amide bonds. The van der Waals surface area contributed by atoms with Crippen LogP contribution in [0, 0.1) is 5.92 Å². The standard InChI is InChI=1S/C17H26N2O/c1-14(12-15-8-6-5-7-9-15)16(20)19-11-10-18(4)13-17(19,2)3/h5-9,14H,10-13H2,1-4H3/t14-/m1/s1. The van der Waals surface area contributed by atoms with Gasteiger partial charge in [0.1, 0.15) is 0 Å². The monoisotopic (exact) mass is 274 g/mol. The number of rotatable bonds is 3. The molecule has 3 nitrogen and oxygen atoms in total. The first-order chi connectivity index (χ1) is 9.40. The Morgan fingerprint density at radius 2 is 1.90 bits per heavy atom. The summed E-state index contributed by atoms with van der Waals surface area (Å²) in [6, 6.07) is 10.3. The Balaban J connectivity index is 2.03. The van der Waals surface area contributed by atoms with Crippen molar-refractivity contribution in [1.82, 2.24) is 9.80 Å². The molecular weight excluding hydrogens is 248 g/mol. The zero-order valence-electron chi connectivity index (χ0n) is 13.1. The summed E-state index contributed by atoms with van der Waals surface area (Å²) in [5.74, 6) is 0.326. The van der Waals surface area contributed by atoms with Gasteiger partial charge in [0, 0.05) is 31.1 Å². The van der Waals surface area contributed by atoms with Crippen LogP contribution in [0.4, 0.5) is 0 Å². The molecule has 1 aliphatic rings. The van der Waals surface area contributed by atoms with Crippen molar-refractivity contribution in [3.05, 3.63) is 35.9 Å². The van der Waals surface area contributed by atoms with Gasteiger partial charge in [-0.15, -0.1) is 0 Å². The Morgan fingerprint density at radius 3 is 2.50 bits per heavy atom. The number of hydrogen-bond acceptors (Lipinski definition) is 2. The summed E-state index contributed by atoms with van der Waals surface area (Å²) < 4.78 is 0. The van der Waals surface area contributed by atoms with Gasteiger partial charge in [0.15, 0.2) is 0 Å². The van der Waals surface area contributed by atoms with Crippen LogP contribution in [0.3, 0.4) is 0 Å². The zero-order valence-corrected chi connectivity index (χ0v) is 13.1. The van der Waals surface area contributed by atoms with Crippen LogP contribution in [0.1, 0.15) is 26.3 Å². The highest BCUT2D eigenvalue weighted by Gasteiger charge is 2.36. The highest BCUT2D eigenvalue weighted by Crippen LogP contribution is 2.23. The topological polar surface area (TPSA) is 23.6 Å². The molecule has 0 aromatic heterocycles. The maximum absolute atomic E-state index is 12.7. The Bertz CT molecular complexity index is 455. The maximum Gasteiger partial charge on any atom is 0.226 e. The summed E-state index contributed by atoms with van der Waals surface area (Å²) in [5.41, 5.74) is 1.16. The van der Waals surface area contributed by atoms with E-state index in [1.54, 1.807) is 0 Å². The molecule has 0 radical (unpaired) electrons. The molecule has 0 spiro atoms. The van der Waals surface area contributed by atoms with Crippen molar-refractivity contribution < 1.29 is 4.79 Å². The summed E-state index contributed by atoms with van der Waals surface area (Å²) in [4.78, 5) is 17.1. The first-order valence-electron chi connectivity index (χ1n) is 7.44. The van der Waals surface area contributed by atoms with Crippen molar-refractivity contribution in [2.75, 3.05) is 26.7 Å². The van der Waals surface area contributed by atoms with Crippen molar-refractivity contribution in [2.24, 2.45) is 5.92 Å². The van der Waals surface area contributed by atoms with Gasteiger partial charge in [0.05, 0.1) is 0 Å². The van der Waals surface area contributed by atoms with Gasteiger partial charge < -0.3 is 9.80 Å². The van der Waals surface area contributed by atoms with Crippen LogP contribution in [-0.2, 0) is 11.2 Å². The summed E-state index contributed by atoms with van der Waals surface area (Å²) in [6.07, 6.45) is 0.822. The van der Waals surface area contributed by atoms with E-state index in [2.05, 4.69) is 42.8 Å². The third-order valence-corrected chi connectivity index (χ3v) is 4.17. The van der Waals surface area contributed by atoms with Crippen LogP contribution in [0.5, 0.6) is 0 Å². The van der Waals surface area contributed by atoms with Gasteiger partial charge >= 0.3 is 0 Å². The first kappa shape index (κ1) is 15.0. The minimum absolute atomic E-state index is 0.0417. The normalized spacial score (nSPS) is 20.7. The van der Waals surface area contributed by atoms with Crippen LogP contribution >= 0.6 is 0 Å². The Morgan fingerprint density at radius 1 is 1.25 bits per heavy atom. The van der Waals surface area contributed by atoms with E-state index in [-0.39, 0.29) is 17.4 Å². The van der Waals surface area contributed by atoms with Gasteiger partial charge in [-0.3, -0.25) is 4.79 Å². The molecule has 0 bridgehead atoms. The number of benzene rings is 1. The molecule has 1 saturated heterocycles. The lowest BCUT2D eigenvalue weighted by molar-refractivity contribution is -0.144. The molecule has 1 aromatic rings. The van der Waals surface area contributed by atoms with E-state index in [0.29, 0.717) is 0 Å². The minimum Gasteiger partial charge on any atom is -0.335 e. The second kappa shape index (κ2) is 5.96. The van der Waals surface area contributed by atoms with Crippen LogP contribution < -0.4 is 0 Å². The van der Waals surface area contributed by atoms with Crippen molar-refractivity contribution >= 4 is 5.91 Å². The third-order valence-electron chi connectivity index (χ3n) is 4.17. The number of likely N-dealkylation sites (N-methyl/N-ethyl adjacent to an activating group) is 1. The maximum atomic E-state index is 12.7. The SMILES string of the molecule is C[C@H](Cc1ccccc1)C(=O)N1CCN(C)CC1(C)C. The third kappa shape index (κ3) is 3.40. The zero-order chi connectivity index (χ0) is 14.8. The fourth-order valence-corrected chi connectivity index (χ4v) is 3.13. The second-order valence-corrected chi connectivity index (χ2v) is 6.63. The summed E-state index contributed by atoms with van der Waals surface area (Å²) >= 11 is 0. The quantitative estimate of drug-likeness (QED) is 0.845. The lowest BCUT2D eigenvalue weighted by atomic mass is 9.94. The van der Waals surface area contributed by atoms with E-state index in [9.17, 15) is 4.79 Å². The predicted molar refractivity (Wildman–Crippen MR) is 82.6 cm³/mol. The number of hydrogen-bond donors (Lipinski definition) is 0. The Kier molecular flexibility index (Phi) is 4.48. The fraction of sp³-hybridized carbons (Fsp3) is 0.588. The lowest BCUT2D eigenvalue weighted by Gasteiger charge is -2.47. The molecule has 0 saturated carbocycles. The van der Waals surface area contributed by atoms with Crippen LogP contribution in [0.25, 0.3) is 0 Å². The van der Waals surface area contributed by atoms with E-state index >= 15 is 0 Å². The average molecular weight is 274 g/mol. The van der Waals surface area contributed by atoms with Crippen molar-refractivity contribution in [3.8, 4) is 0 Å². The van der Waals surface area contributed by atoms with Crippen molar-refractivity contribution in [3.63, 3.8) is 0 Å². The summed E-state index contributed by atoms with van der Waals surface area (Å²) in [5, 5.41) is 0. The summed E-state index contributed by atoms with van der Waals surface area (Å²) in [6.45, 7) is 9.11. The van der Waals surface area contributed by atoms with Gasteiger partial charge in [0.25, 0.3) is 0 Å². The Hall–Kier alpha value is -1.35. The van der Waals surface area contributed by atoms with Gasteiger partial charge in [-0.1, -0.05) is 37.3 Å². The highest BCUT2D eigenvalue weighted by atomic mass is 16.2. The van der Waals surface area contributed by atoms with Crippen molar-refractivity contribution in [2.45, 2.75) is 32.7 Å². The van der Waals surface area contributed by atoms with Crippen molar-refractivity contribution in [1.29, 1.82) is 0 Å². The van der Waals surface area contributed by atoms with Crippen LogP contribution in [-0.4, -0.2) is 47.9 Å². The van der Waals surface area contributed by atoms with Crippen LogP contribution in [0.15, 0.2) is 30.3 Å². The largest absolute Gasteiger partial charge is 0.335 e.